The lowest BCUT2D eigenvalue weighted by molar-refractivity contribution is -0.154. The maximum Gasteiger partial charge on any atom is 0.317 e. The molecule has 0 amide bonds. The fraction of sp³-hybridized carbons (Fsp3) is 0.810. The number of aliphatic carboxylic acids is 2. The summed E-state index contributed by atoms with van der Waals surface area (Å²) in [6, 6.07) is 0. The van der Waals surface area contributed by atoms with Crippen molar-refractivity contribution in [1.82, 2.24) is 0 Å². The lowest BCUT2D eigenvalue weighted by Gasteiger charge is -2.06. The Morgan fingerprint density at radius 1 is 0.680 bits per heavy atom. The van der Waals surface area contributed by atoms with Crippen LogP contribution in [0.1, 0.15) is 103 Å². The Bertz CT molecular complexity index is 349. The van der Waals surface area contributed by atoms with Crippen LogP contribution >= 0.6 is 0 Å². The van der Waals surface area contributed by atoms with E-state index >= 15 is 0 Å². The van der Waals surface area contributed by atoms with Crippen LogP contribution in [0.25, 0.3) is 0 Å². The van der Waals surface area contributed by atoms with Gasteiger partial charge in [0, 0.05) is 0 Å². The van der Waals surface area contributed by atoms with Gasteiger partial charge in [0.1, 0.15) is 0 Å². The molecule has 146 valence electrons. The van der Waals surface area contributed by atoms with Crippen LogP contribution in [0.2, 0.25) is 0 Å². The monoisotopic (exact) mass is 354 g/mol. The molecular formula is C21H38O4. The first-order valence-electron chi connectivity index (χ1n) is 10.2. The summed E-state index contributed by atoms with van der Waals surface area (Å²) >= 11 is 0. The number of carbonyl (C=O) groups is 2. The van der Waals surface area contributed by atoms with Crippen LogP contribution in [-0.4, -0.2) is 22.2 Å². The zero-order valence-electron chi connectivity index (χ0n) is 16.0. The van der Waals surface area contributed by atoms with E-state index in [0.29, 0.717) is 6.42 Å². The van der Waals surface area contributed by atoms with Crippen molar-refractivity contribution in [1.29, 1.82) is 0 Å². The predicted molar refractivity (Wildman–Crippen MR) is 103 cm³/mol. The highest BCUT2D eigenvalue weighted by Crippen LogP contribution is 2.14. The quantitative estimate of drug-likeness (QED) is 0.174. The molecule has 0 saturated heterocycles. The Morgan fingerprint density at radius 2 is 1.08 bits per heavy atom. The maximum absolute atomic E-state index is 10.7. The van der Waals surface area contributed by atoms with Gasteiger partial charge >= 0.3 is 11.9 Å². The molecule has 0 aromatic carbocycles. The van der Waals surface area contributed by atoms with Crippen molar-refractivity contribution in [2.24, 2.45) is 5.92 Å². The Labute approximate surface area is 153 Å². The number of carboxylic acid groups (broad SMARTS) is 2. The summed E-state index contributed by atoms with van der Waals surface area (Å²) in [6.45, 7) is 2.25. The molecule has 0 radical (unpaired) electrons. The molecule has 0 aliphatic carbocycles. The Hall–Kier alpha value is -1.32. The molecule has 25 heavy (non-hydrogen) atoms. The zero-order chi connectivity index (χ0) is 18.8. The van der Waals surface area contributed by atoms with Crippen LogP contribution < -0.4 is 0 Å². The van der Waals surface area contributed by atoms with Crippen molar-refractivity contribution in [3.05, 3.63) is 12.2 Å². The molecule has 0 fully saturated rings. The first-order chi connectivity index (χ1) is 12.1. The molecule has 4 heteroatoms. The van der Waals surface area contributed by atoms with Gasteiger partial charge < -0.3 is 10.2 Å². The number of hydrogen-bond acceptors (Lipinski definition) is 2. The maximum atomic E-state index is 10.7. The van der Waals surface area contributed by atoms with Gasteiger partial charge in [-0.3, -0.25) is 9.59 Å². The molecular weight excluding hydrogens is 316 g/mol. The first kappa shape index (κ1) is 23.7. The van der Waals surface area contributed by atoms with Crippen molar-refractivity contribution in [3.63, 3.8) is 0 Å². The first-order valence-corrected chi connectivity index (χ1v) is 10.2. The number of rotatable bonds is 18. The van der Waals surface area contributed by atoms with Gasteiger partial charge in [-0.2, -0.15) is 0 Å². The highest BCUT2D eigenvalue weighted by Gasteiger charge is 2.24. The predicted octanol–water partition coefficient (Wildman–Crippen LogP) is 6.20. The molecule has 0 spiro atoms. The van der Waals surface area contributed by atoms with Gasteiger partial charge in [0.05, 0.1) is 0 Å². The third-order valence-corrected chi connectivity index (χ3v) is 4.60. The number of hydrogen-bond donors (Lipinski definition) is 2. The van der Waals surface area contributed by atoms with E-state index in [1.165, 1.54) is 57.8 Å². The van der Waals surface area contributed by atoms with Crippen LogP contribution in [-0.2, 0) is 9.59 Å². The average Bonchev–Trinajstić information content (AvgIpc) is 2.57. The molecule has 2 N–H and O–H groups in total. The lowest BCUT2D eigenvalue weighted by atomic mass is 10.0. The zero-order valence-corrected chi connectivity index (χ0v) is 16.0. The van der Waals surface area contributed by atoms with Crippen molar-refractivity contribution in [2.45, 2.75) is 103 Å². The molecule has 0 rings (SSSR count). The van der Waals surface area contributed by atoms with E-state index in [1.54, 1.807) is 0 Å². The van der Waals surface area contributed by atoms with Crippen molar-refractivity contribution in [3.8, 4) is 0 Å². The molecule has 0 saturated carbocycles. The summed E-state index contributed by atoms with van der Waals surface area (Å²) in [5.41, 5.74) is 0. The fourth-order valence-corrected chi connectivity index (χ4v) is 2.95. The summed E-state index contributed by atoms with van der Waals surface area (Å²) in [7, 11) is 0. The van der Waals surface area contributed by atoms with E-state index < -0.39 is 17.9 Å². The van der Waals surface area contributed by atoms with E-state index in [2.05, 4.69) is 19.1 Å². The summed E-state index contributed by atoms with van der Waals surface area (Å²) in [4.78, 5) is 21.5. The molecule has 0 unspecified atom stereocenters. The van der Waals surface area contributed by atoms with E-state index in [0.717, 1.165) is 25.7 Å². The van der Waals surface area contributed by atoms with E-state index in [9.17, 15) is 9.59 Å². The minimum Gasteiger partial charge on any atom is -0.481 e. The van der Waals surface area contributed by atoms with Crippen LogP contribution in [0.15, 0.2) is 12.2 Å². The molecule has 0 bridgehead atoms. The summed E-state index contributed by atoms with van der Waals surface area (Å²) in [5, 5.41) is 17.6. The highest BCUT2D eigenvalue weighted by molar-refractivity contribution is 5.92. The van der Waals surface area contributed by atoms with E-state index in [4.69, 9.17) is 10.2 Å². The highest BCUT2D eigenvalue weighted by atomic mass is 16.4. The smallest absolute Gasteiger partial charge is 0.317 e. The second-order valence-corrected chi connectivity index (χ2v) is 6.96. The van der Waals surface area contributed by atoms with E-state index in [1.807, 2.05) is 0 Å². The van der Waals surface area contributed by atoms with Crippen molar-refractivity contribution >= 4 is 11.9 Å². The van der Waals surface area contributed by atoms with Gasteiger partial charge in [-0.05, 0) is 32.1 Å². The SMILES string of the molecule is CCCCCCCC/C=C/CCCCCCCCC(C(=O)O)C(=O)O. The summed E-state index contributed by atoms with van der Waals surface area (Å²) < 4.78 is 0. The third-order valence-electron chi connectivity index (χ3n) is 4.60. The minimum absolute atomic E-state index is 0.242. The Balaban J connectivity index is 3.32. The van der Waals surface area contributed by atoms with Gasteiger partial charge in [0.2, 0.25) is 0 Å². The van der Waals surface area contributed by atoms with Gasteiger partial charge in [-0.25, -0.2) is 0 Å². The summed E-state index contributed by atoms with van der Waals surface area (Å²) in [6.07, 6.45) is 21.5. The second-order valence-electron chi connectivity index (χ2n) is 6.96. The van der Waals surface area contributed by atoms with E-state index in [-0.39, 0.29) is 6.42 Å². The molecule has 0 atom stereocenters. The topological polar surface area (TPSA) is 74.6 Å². The summed E-state index contributed by atoms with van der Waals surface area (Å²) in [5.74, 6) is -3.68. The molecule has 0 aliphatic heterocycles. The standard InChI is InChI=1S/C21H38O4/c1-2-3-4-5-6-7-8-9-10-11-12-13-14-15-16-17-18-19(20(22)23)21(24)25/h9-10,19H,2-8,11-18H2,1H3,(H,22,23)(H,24,25)/b10-9+. The molecule has 0 aromatic heterocycles. The normalized spacial score (nSPS) is 11.4. The number of carboxylic acids is 2. The van der Waals surface area contributed by atoms with Crippen molar-refractivity contribution < 1.29 is 19.8 Å². The molecule has 4 nitrogen and oxygen atoms in total. The van der Waals surface area contributed by atoms with Crippen LogP contribution in [0.5, 0.6) is 0 Å². The van der Waals surface area contributed by atoms with Crippen molar-refractivity contribution in [2.75, 3.05) is 0 Å². The average molecular weight is 355 g/mol. The minimum atomic E-state index is -1.24. The van der Waals surface area contributed by atoms with Crippen LogP contribution in [0.4, 0.5) is 0 Å². The lowest BCUT2D eigenvalue weighted by Crippen LogP contribution is -2.23. The van der Waals surface area contributed by atoms with Gasteiger partial charge in [0.15, 0.2) is 5.92 Å². The third kappa shape index (κ3) is 15.9. The fourth-order valence-electron chi connectivity index (χ4n) is 2.95. The second kappa shape index (κ2) is 17.5. The largest absolute Gasteiger partial charge is 0.481 e. The molecule has 0 aliphatic rings. The number of allylic oxidation sites excluding steroid dienone is 2. The van der Waals surface area contributed by atoms with Gasteiger partial charge in [-0.1, -0.05) is 83.3 Å². The Kier molecular flexibility index (Phi) is 16.6. The Morgan fingerprint density at radius 3 is 1.52 bits per heavy atom. The number of unbranched alkanes of at least 4 members (excludes halogenated alkanes) is 12. The van der Waals surface area contributed by atoms with Crippen LogP contribution in [0.3, 0.4) is 0 Å². The molecule has 0 heterocycles. The van der Waals surface area contributed by atoms with Gasteiger partial charge in [-0.15, -0.1) is 0 Å². The van der Waals surface area contributed by atoms with Gasteiger partial charge in [0.25, 0.3) is 0 Å². The molecule has 0 aromatic rings. The van der Waals surface area contributed by atoms with Crippen LogP contribution in [0, 0.1) is 5.92 Å².